The van der Waals surface area contributed by atoms with Gasteiger partial charge in [-0.25, -0.2) is 4.79 Å². The second-order valence-corrected chi connectivity index (χ2v) is 1.42. The van der Waals surface area contributed by atoms with Crippen LogP contribution in [0.3, 0.4) is 0 Å². The van der Waals surface area contributed by atoms with Gasteiger partial charge in [0.25, 0.3) is 5.56 Å². The van der Waals surface area contributed by atoms with Crippen molar-refractivity contribution in [3.63, 3.8) is 0 Å². The van der Waals surface area contributed by atoms with Crippen LogP contribution in [0.2, 0.25) is 0 Å². The van der Waals surface area contributed by atoms with Gasteiger partial charge < -0.3 is 4.98 Å². The molecule has 0 aliphatic rings. The number of H-pyrrole nitrogens is 2. The summed E-state index contributed by atoms with van der Waals surface area (Å²) < 4.78 is 28.0. The highest BCUT2D eigenvalue weighted by atomic mass is 20.0. The second-order valence-electron chi connectivity index (χ2n) is 1.42. The molecule has 0 aromatic carbocycles. The Morgan fingerprint density at radius 1 is 1.27 bits per heavy atom. The minimum absolute atomic E-state index is 0.707. The molecule has 0 unspecified atom stereocenters. The van der Waals surface area contributed by atoms with Crippen molar-refractivity contribution in [3.05, 3.63) is 32.9 Å². The molecule has 11 heavy (non-hydrogen) atoms. The Labute approximate surface area is 57.6 Å². The molecule has 1 aromatic heterocycles. The zero-order valence-corrected chi connectivity index (χ0v) is 5.03. The van der Waals surface area contributed by atoms with E-state index in [2.05, 4.69) is 0 Å². The van der Waals surface area contributed by atoms with Gasteiger partial charge in [-0.2, -0.15) is 4.39 Å². The van der Waals surface area contributed by atoms with Gasteiger partial charge in [-0.15, -0.1) is 0 Å². The quantitative estimate of drug-likeness (QED) is 0.574. The van der Waals surface area contributed by atoms with E-state index >= 15 is 0 Å². The smallest absolute Gasteiger partial charge is 0.311 e. The Bertz CT molecular complexity index is 318. The van der Waals surface area contributed by atoms with Crippen molar-refractivity contribution in [2.75, 3.05) is 0 Å². The largest absolute Gasteiger partial charge is 0.325 e. The topological polar surface area (TPSA) is 65.7 Å². The second kappa shape index (κ2) is 4.31. The number of nitrogens with one attached hydrogen (secondary N) is 2. The van der Waals surface area contributed by atoms with Crippen molar-refractivity contribution in [2.24, 2.45) is 0 Å². The standard InChI is InChI=1S/C4H3FN2O2.F2/c5-2-1-6-4(9)7-3(2)8;1-2/h1H,(H2,6,7,8,9);. The fourth-order valence-electron chi connectivity index (χ4n) is 0.393. The van der Waals surface area contributed by atoms with E-state index in [1.54, 1.807) is 4.98 Å². The van der Waals surface area contributed by atoms with Crippen molar-refractivity contribution >= 4 is 0 Å². The van der Waals surface area contributed by atoms with Gasteiger partial charge in [-0.05, 0) is 0 Å². The minimum Gasteiger partial charge on any atom is -0.311 e. The summed E-state index contributed by atoms with van der Waals surface area (Å²) in [6.45, 7) is 0. The van der Waals surface area contributed by atoms with Gasteiger partial charge in [-0.3, -0.25) is 9.78 Å². The van der Waals surface area contributed by atoms with Crippen LogP contribution in [0.1, 0.15) is 0 Å². The molecule has 0 saturated carbocycles. The van der Waals surface area contributed by atoms with Gasteiger partial charge in [0, 0.05) is 15.3 Å². The average molecular weight is 168 g/mol. The predicted octanol–water partition coefficient (Wildman–Crippen LogP) is 0.0427. The molecule has 0 spiro atoms. The third-order valence-corrected chi connectivity index (χ3v) is 0.774. The molecule has 1 rings (SSSR count). The molecule has 4 nitrogen and oxygen atoms in total. The summed E-state index contributed by atoms with van der Waals surface area (Å²) in [7, 11) is 0. The first kappa shape index (κ1) is 9.47. The lowest BCUT2D eigenvalue weighted by Crippen LogP contribution is -2.23. The van der Waals surface area contributed by atoms with Crippen LogP contribution in [-0.2, 0) is 0 Å². The zero-order valence-electron chi connectivity index (χ0n) is 5.03. The SMILES string of the molecule is FF.O=c1[nH]cc(F)c(=O)[nH]1. The highest BCUT2D eigenvalue weighted by Gasteiger charge is 1.93. The highest BCUT2D eigenvalue weighted by molar-refractivity contribution is 4.83. The summed E-state index contributed by atoms with van der Waals surface area (Å²) in [5, 5.41) is 0. The fraction of sp³-hybridized carbons (Fsp3) is 0. The summed E-state index contributed by atoms with van der Waals surface area (Å²) in [5.41, 5.74) is -1.71. The van der Waals surface area contributed by atoms with Crippen molar-refractivity contribution < 1.29 is 13.5 Å². The molecule has 2 N–H and O–H groups in total. The summed E-state index contributed by atoms with van der Waals surface area (Å²) in [6.07, 6.45) is 0.709. The Hall–Kier alpha value is -1.53. The first-order valence-electron chi connectivity index (χ1n) is 2.32. The maximum Gasteiger partial charge on any atom is 0.325 e. The normalized spacial score (nSPS) is 8.27. The van der Waals surface area contributed by atoms with E-state index in [0.717, 1.165) is 0 Å². The molecule has 0 amide bonds. The molecule has 62 valence electrons. The zero-order chi connectivity index (χ0) is 8.85. The third kappa shape index (κ3) is 2.70. The van der Waals surface area contributed by atoms with Gasteiger partial charge >= 0.3 is 5.69 Å². The van der Waals surface area contributed by atoms with E-state index in [1.165, 1.54) is 0 Å². The number of rotatable bonds is 0. The van der Waals surface area contributed by atoms with Gasteiger partial charge in [-0.1, -0.05) is 0 Å². The Morgan fingerprint density at radius 3 is 2.18 bits per heavy atom. The van der Waals surface area contributed by atoms with Crippen LogP contribution in [0.15, 0.2) is 15.8 Å². The molecule has 1 heterocycles. The van der Waals surface area contributed by atoms with Crippen LogP contribution >= 0.6 is 0 Å². The number of aromatic amines is 2. The Balaban J connectivity index is 0.000000461. The third-order valence-electron chi connectivity index (χ3n) is 0.774. The molecule has 0 saturated heterocycles. The van der Waals surface area contributed by atoms with Crippen LogP contribution in [-0.4, -0.2) is 9.97 Å². The summed E-state index contributed by atoms with van der Waals surface area (Å²) >= 11 is 0. The van der Waals surface area contributed by atoms with Gasteiger partial charge in [0.15, 0.2) is 0 Å². The number of hydrogen-bond donors (Lipinski definition) is 2. The number of hydrogen-bond acceptors (Lipinski definition) is 2. The van der Waals surface area contributed by atoms with Crippen molar-refractivity contribution in [3.8, 4) is 0 Å². The van der Waals surface area contributed by atoms with E-state index in [0.29, 0.717) is 6.20 Å². The molecule has 0 radical (unpaired) electrons. The average Bonchev–Trinajstić information content (AvgIpc) is 2.02. The molecule has 1 aromatic rings. The number of halogens is 3. The van der Waals surface area contributed by atoms with Crippen LogP contribution in [0, 0.1) is 5.82 Å². The van der Waals surface area contributed by atoms with E-state index in [-0.39, 0.29) is 0 Å². The van der Waals surface area contributed by atoms with Gasteiger partial charge in [0.05, 0.1) is 0 Å². The monoisotopic (exact) mass is 168 g/mol. The first-order valence-corrected chi connectivity index (χ1v) is 2.32. The van der Waals surface area contributed by atoms with Crippen molar-refractivity contribution in [1.29, 1.82) is 0 Å². The molecule has 0 aliphatic carbocycles. The van der Waals surface area contributed by atoms with E-state index < -0.39 is 17.1 Å². The van der Waals surface area contributed by atoms with Crippen LogP contribution < -0.4 is 11.2 Å². The van der Waals surface area contributed by atoms with Gasteiger partial charge in [0.1, 0.15) is 0 Å². The lowest BCUT2D eigenvalue weighted by atomic mass is 10.6. The minimum atomic E-state index is -1.00. The van der Waals surface area contributed by atoms with Crippen LogP contribution in [0.5, 0.6) is 0 Å². The summed E-state index contributed by atoms with van der Waals surface area (Å²) in [5.74, 6) is -0.991. The highest BCUT2D eigenvalue weighted by Crippen LogP contribution is 1.74. The molecule has 0 aliphatic heterocycles. The van der Waals surface area contributed by atoms with Gasteiger partial charge in [0.2, 0.25) is 5.82 Å². The molecular formula is C4H3F3N2O2. The molecule has 0 bridgehead atoms. The lowest BCUT2D eigenvalue weighted by Gasteiger charge is -1.81. The van der Waals surface area contributed by atoms with Crippen LogP contribution in [0.25, 0.3) is 0 Å². The summed E-state index contributed by atoms with van der Waals surface area (Å²) in [6, 6.07) is 0. The van der Waals surface area contributed by atoms with Crippen molar-refractivity contribution in [2.45, 2.75) is 0 Å². The molecule has 0 atom stereocenters. The predicted molar refractivity (Wildman–Crippen MR) is 29.9 cm³/mol. The van der Waals surface area contributed by atoms with Crippen LogP contribution in [0.4, 0.5) is 13.5 Å². The Kier molecular flexibility index (Phi) is 3.71. The van der Waals surface area contributed by atoms with Crippen molar-refractivity contribution in [1.82, 2.24) is 9.97 Å². The van der Waals surface area contributed by atoms with E-state index in [9.17, 15) is 14.0 Å². The fourth-order valence-corrected chi connectivity index (χ4v) is 0.393. The van der Waals surface area contributed by atoms with E-state index in [4.69, 9.17) is 9.15 Å². The number of aromatic nitrogens is 2. The molecule has 7 heteroatoms. The summed E-state index contributed by atoms with van der Waals surface area (Å²) in [4.78, 5) is 24.0. The van der Waals surface area contributed by atoms with E-state index in [1.807, 2.05) is 4.98 Å². The maximum absolute atomic E-state index is 12.0. The molecule has 0 fully saturated rings. The molecular weight excluding hydrogens is 165 g/mol. The Morgan fingerprint density at radius 2 is 1.82 bits per heavy atom. The lowest BCUT2D eigenvalue weighted by molar-refractivity contribution is 0.108. The maximum atomic E-state index is 12.0. The first-order chi connectivity index (χ1) is 5.20.